The van der Waals surface area contributed by atoms with Crippen LogP contribution in [0.5, 0.6) is 5.75 Å². The number of aryl methyl sites for hydroxylation is 1. The molecule has 23 heavy (non-hydrogen) atoms. The molecular formula is C15H16N2O5S. The maximum absolute atomic E-state index is 12.7. The van der Waals surface area contributed by atoms with Gasteiger partial charge in [0.25, 0.3) is 15.7 Å². The largest absolute Gasteiger partial charge is 0.496 e. The summed E-state index contributed by atoms with van der Waals surface area (Å²) in [4.78, 5) is 10.4. The molecular weight excluding hydrogens is 320 g/mol. The molecule has 0 atom stereocenters. The lowest BCUT2D eigenvalue weighted by Crippen LogP contribution is -2.26. The Bertz CT molecular complexity index is 849. The van der Waals surface area contributed by atoms with Crippen LogP contribution in [0.4, 0.5) is 11.4 Å². The van der Waals surface area contributed by atoms with Gasteiger partial charge in [-0.05, 0) is 36.8 Å². The predicted molar refractivity (Wildman–Crippen MR) is 86.4 cm³/mol. The van der Waals surface area contributed by atoms with E-state index in [4.69, 9.17) is 4.74 Å². The molecule has 0 aliphatic heterocycles. The number of sulfonamides is 1. The van der Waals surface area contributed by atoms with Gasteiger partial charge in [-0.25, -0.2) is 8.42 Å². The van der Waals surface area contributed by atoms with Gasteiger partial charge in [0.2, 0.25) is 0 Å². The van der Waals surface area contributed by atoms with E-state index in [0.29, 0.717) is 11.3 Å². The number of methoxy groups -OCH3 is 1. The number of hydrogen-bond donors (Lipinski definition) is 0. The van der Waals surface area contributed by atoms with Crippen molar-refractivity contribution < 1.29 is 18.1 Å². The highest BCUT2D eigenvalue weighted by Gasteiger charge is 2.23. The molecule has 7 nitrogen and oxygen atoms in total. The lowest BCUT2D eigenvalue weighted by Gasteiger charge is -2.20. The van der Waals surface area contributed by atoms with Gasteiger partial charge < -0.3 is 4.74 Å². The minimum absolute atomic E-state index is 0.0878. The van der Waals surface area contributed by atoms with Gasteiger partial charge in [-0.3, -0.25) is 14.4 Å². The highest BCUT2D eigenvalue weighted by Crippen LogP contribution is 2.28. The number of benzene rings is 2. The maximum atomic E-state index is 12.7. The summed E-state index contributed by atoms with van der Waals surface area (Å²) in [5, 5.41) is 10.8. The van der Waals surface area contributed by atoms with Crippen LogP contribution in [0.2, 0.25) is 0 Å². The lowest BCUT2D eigenvalue weighted by atomic mass is 10.2. The lowest BCUT2D eigenvalue weighted by molar-refractivity contribution is -0.384. The summed E-state index contributed by atoms with van der Waals surface area (Å²) in [5.41, 5.74) is 0.726. The van der Waals surface area contributed by atoms with Crippen molar-refractivity contribution in [1.82, 2.24) is 0 Å². The Kier molecular flexibility index (Phi) is 4.55. The van der Waals surface area contributed by atoms with Gasteiger partial charge in [0.05, 0.1) is 22.6 Å². The first kappa shape index (κ1) is 16.8. The van der Waals surface area contributed by atoms with Crippen molar-refractivity contribution in [3.05, 3.63) is 58.1 Å². The summed E-state index contributed by atoms with van der Waals surface area (Å²) in [6.07, 6.45) is 0. The second-order valence-corrected chi connectivity index (χ2v) is 6.85. The van der Waals surface area contributed by atoms with Crippen LogP contribution in [0.25, 0.3) is 0 Å². The molecule has 122 valence electrons. The zero-order valence-electron chi connectivity index (χ0n) is 12.9. The molecule has 0 aliphatic rings. The first-order valence-electron chi connectivity index (χ1n) is 6.65. The Morgan fingerprint density at radius 3 is 2.43 bits per heavy atom. The Morgan fingerprint density at radius 1 is 1.17 bits per heavy atom. The fourth-order valence-electron chi connectivity index (χ4n) is 2.11. The SMILES string of the molecule is COc1ccc(S(=O)(=O)N(C)c2cccc([N+](=O)[O-])c2)cc1C. The molecule has 0 bridgehead atoms. The van der Waals surface area contributed by atoms with E-state index in [-0.39, 0.29) is 16.3 Å². The van der Waals surface area contributed by atoms with E-state index >= 15 is 0 Å². The molecule has 2 rings (SSSR count). The summed E-state index contributed by atoms with van der Waals surface area (Å²) >= 11 is 0. The molecule has 0 saturated heterocycles. The molecule has 2 aromatic carbocycles. The molecule has 0 amide bonds. The number of non-ortho nitro benzene ring substituents is 1. The average Bonchev–Trinajstić information content (AvgIpc) is 2.54. The highest BCUT2D eigenvalue weighted by molar-refractivity contribution is 7.92. The van der Waals surface area contributed by atoms with Crippen molar-refractivity contribution >= 4 is 21.4 Å². The van der Waals surface area contributed by atoms with Crippen molar-refractivity contribution in [2.45, 2.75) is 11.8 Å². The molecule has 0 radical (unpaired) electrons. The molecule has 0 aromatic heterocycles. The summed E-state index contributed by atoms with van der Waals surface area (Å²) < 4.78 is 31.5. The van der Waals surface area contributed by atoms with Gasteiger partial charge in [-0.15, -0.1) is 0 Å². The van der Waals surface area contributed by atoms with Gasteiger partial charge >= 0.3 is 0 Å². The van der Waals surface area contributed by atoms with Crippen LogP contribution >= 0.6 is 0 Å². The van der Waals surface area contributed by atoms with Crippen LogP contribution in [0, 0.1) is 17.0 Å². The molecule has 8 heteroatoms. The second kappa shape index (κ2) is 6.25. The number of rotatable bonds is 5. The second-order valence-electron chi connectivity index (χ2n) is 4.88. The molecule has 0 heterocycles. The van der Waals surface area contributed by atoms with Crippen molar-refractivity contribution in [3.63, 3.8) is 0 Å². The van der Waals surface area contributed by atoms with Crippen molar-refractivity contribution in [2.24, 2.45) is 0 Å². The smallest absolute Gasteiger partial charge is 0.271 e. The van der Waals surface area contributed by atoms with Crippen LogP contribution < -0.4 is 9.04 Å². The molecule has 0 saturated carbocycles. The number of nitro groups is 1. The Labute approximate surface area is 134 Å². The van der Waals surface area contributed by atoms with Crippen molar-refractivity contribution in [1.29, 1.82) is 0 Å². The molecule has 0 aliphatic carbocycles. The quantitative estimate of drug-likeness (QED) is 0.618. The summed E-state index contributed by atoms with van der Waals surface area (Å²) in [6, 6.07) is 9.98. The fraction of sp³-hybridized carbons (Fsp3) is 0.200. The molecule has 0 unspecified atom stereocenters. The minimum atomic E-state index is -3.83. The van der Waals surface area contributed by atoms with Crippen LogP contribution in [0.3, 0.4) is 0 Å². The van der Waals surface area contributed by atoms with Crippen LogP contribution in [-0.4, -0.2) is 27.5 Å². The van der Waals surface area contributed by atoms with Gasteiger partial charge in [0.1, 0.15) is 5.75 Å². The predicted octanol–water partition coefficient (Wildman–Crippen LogP) is 2.74. The molecule has 2 aromatic rings. The van der Waals surface area contributed by atoms with E-state index in [2.05, 4.69) is 0 Å². The number of ether oxygens (including phenoxy) is 1. The highest BCUT2D eigenvalue weighted by atomic mass is 32.2. The third kappa shape index (κ3) is 3.26. The number of anilines is 1. The van der Waals surface area contributed by atoms with Gasteiger partial charge in [-0.1, -0.05) is 6.07 Å². The number of hydrogen-bond acceptors (Lipinski definition) is 5. The Morgan fingerprint density at radius 2 is 1.87 bits per heavy atom. The monoisotopic (exact) mass is 336 g/mol. The normalized spacial score (nSPS) is 11.1. The molecule has 0 spiro atoms. The van der Waals surface area contributed by atoms with E-state index in [1.165, 1.54) is 50.6 Å². The summed E-state index contributed by atoms with van der Waals surface area (Å²) in [6.45, 7) is 1.74. The number of nitrogens with zero attached hydrogens (tertiary/aromatic N) is 2. The van der Waals surface area contributed by atoms with Crippen LogP contribution in [0.15, 0.2) is 47.4 Å². The Hall–Kier alpha value is -2.61. The van der Waals surface area contributed by atoms with Crippen LogP contribution in [0.1, 0.15) is 5.56 Å². The first-order chi connectivity index (χ1) is 10.8. The topological polar surface area (TPSA) is 89.8 Å². The summed E-state index contributed by atoms with van der Waals surface area (Å²) in [5.74, 6) is 0.585. The van der Waals surface area contributed by atoms with E-state index in [0.717, 1.165) is 4.31 Å². The average molecular weight is 336 g/mol. The van der Waals surface area contributed by atoms with Gasteiger partial charge in [0, 0.05) is 19.2 Å². The summed E-state index contributed by atoms with van der Waals surface area (Å²) in [7, 11) is -0.966. The van der Waals surface area contributed by atoms with Gasteiger partial charge in [0.15, 0.2) is 0 Å². The van der Waals surface area contributed by atoms with Crippen LogP contribution in [-0.2, 0) is 10.0 Å². The van der Waals surface area contributed by atoms with Crippen molar-refractivity contribution in [2.75, 3.05) is 18.5 Å². The zero-order chi connectivity index (χ0) is 17.2. The van der Waals surface area contributed by atoms with E-state index in [1.54, 1.807) is 13.0 Å². The fourth-order valence-corrected chi connectivity index (χ4v) is 3.38. The first-order valence-corrected chi connectivity index (χ1v) is 8.09. The molecule has 0 fully saturated rings. The van der Waals surface area contributed by atoms with E-state index in [1.807, 2.05) is 0 Å². The maximum Gasteiger partial charge on any atom is 0.271 e. The zero-order valence-corrected chi connectivity index (χ0v) is 13.7. The Balaban J connectivity index is 2.44. The third-order valence-corrected chi connectivity index (χ3v) is 5.21. The number of nitro benzene ring substituents is 1. The van der Waals surface area contributed by atoms with Crippen molar-refractivity contribution in [3.8, 4) is 5.75 Å². The molecule has 0 N–H and O–H groups in total. The standard InChI is InChI=1S/C15H16N2O5S/c1-11-9-14(7-8-15(11)22-3)23(20,21)16(2)12-5-4-6-13(10-12)17(18)19/h4-10H,1-3H3. The third-order valence-electron chi connectivity index (χ3n) is 3.43. The van der Waals surface area contributed by atoms with Gasteiger partial charge in [-0.2, -0.15) is 0 Å². The van der Waals surface area contributed by atoms with E-state index < -0.39 is 14.9 Å². The van der Waals surface area contributed by atoms with E-state index in [9.17, 15) is 18.5 Å². The minimum Gasteiger partial charge on any atom is -0.496 e.